The van der Waals surface area contributed by atoms with E-state index in [2.05, 4.69) is 18.7 Å². The Hall–Kier alpha value is -0.120. The molecule has 0 spiro atoms. The molecule has 1 saturated heterocycles. The van der Waals surface area contributed by atoms with Crippen LogP contribution in [0.2, 0.25) is 0 Å². The molecule has 1 saturated carbocycles. The highest BCUT2D eigenvalue weighted by atomic mass is 16.5. The standard InChI is InChI=1S/C13H25NO2/c1-12(2)4-3-5-13(10-12,11-15)14-6-8-16-9-7-14/h15H,3-11H2,1-2H3. The molecule has 0 aromatic heterocycles. The van der Waals surface area contributed by atoms with E-state index in [1.807, 2.05) is 0 Å². The van der Waals surface area contributed by atoms with Crippen molar-refractivity contribution in [2.75, 3.05) is 32.9 Å². The van der Waals surface area contributed by atoms with Crippen LogP contribution in [0.1, 0.15) is 39.5 Å². The first-order valence-electron chi connectivity index (χ1n) is 6.52. The number of aliphatic hydroxyl groups is 1. The Balaban J connectivity index is 2.10. The first kappa shape index (κ1) is 12.3. The van der Waals surface area contributed by atoms with Gasteiger partial charge in [-0.25, -0.2) is 0 Å². The fraction of sp³-hybridized carbons (Fsp3) is 1.00. The van der Waals surface area contributed by atoms with Crippen molar-refractivity contribution >= 4 is 0 Å². The highest BCUT2D eigenvalue weighted by Crippen LogP contribution is 2.43. The summed E-state index contributed by atoms with van der Waals surface area (Å²) in [7, 11) is 0. The lowest BCUT2D eigenvalue weighted by molar-refractivity contribution is -0.0794. The summed E-state index contributed by atoms with van der Waals surface area (Å²) in [5.74, 6) is 0. The molecule has 2 aliphatic rings. The highest BCUT2D eigenvalue weighted by molar-refractivity contribution is 4.98. The zero-order valence-corrected chi connectivity index (χ0v) is 10.7. The third-order valence-corrected chi connectivity index (χ3v) is 4.28. The molecule has 0 bridgehead atoms. The summed E-state index contributed by atoms with van der Waals surface area (Å²) in [6.07, 6.45) is 4.80. The number of nitrogens with zero attached hydrogens (tertiary/aromatic N) is 1. The summed E-state index contributed by atoms with van der Waals surface area (Å²) in [6.45, 7) is 8.57. The van der Waals surface area contributed by atoms with Gasteiger partial charge in [0.1, 0.15) is 0 Å². The zero-order chi connectivity index (χ0) is 11.6. The summed E-state index contributed by atoms with van der Waals surface area (Å²) in [6, 6.07) is 0. The predicted octanol–water partition coefficient (Wildman–Crippen LogP) is 1.65. The second-order valence-electron chi connectivity index (χ2n) is 6.18. The fourth-order valence-electron chi connectivity index (χ4n) is 3.51. The molecule has 1 heterocycles. The number of rotatable bonds is 2. The van der Waals surface area contributed by atoms with E-state index in [0.29, 0.717) is 12.0 Å². The average Bonchev–Trinajstić information content (AvgIpc) is 2.29. The monoisotopic (exact) mass is 227 g/mol. The van der Waals surface area contributed by atoms with Crippen molar-refractivity contribution in [3.8, 4) is 0 Å². The van der Waals surface area contributed by atoms with Crippen LogP contribution in [0.3, 0.4) is 0 Å². The van der Waals surface area contributed by atoms with Crippen LogP contribution in [-0.2, 0) is 4.74 Å². The van der Waals surface area contributed by atoms with Gasteiger partial charge in [-0.2, -0.15) is 0 Å². The molecule has 1 aliphatic carbocycles. The van der Waals surface area contributed by atoms with Crippen molar-refractivity contribution in [3.05, 3.63) is 0 Å². The van der Waals surface area contributed by atoms with Crippen molar-refractivity contribution < 1.29 is 9.84 Å². The number of morpholine rings is 1. The van der Waals surface area contributed by atoms with Gasteiger partial charge < -0.3 is 9.84 Å². The molecule has 0 aromatic carbocycles. The molecule has 1 unspecified atom stereocenters. The van der Waals surface area contributed by atoms with Gasteiger partial charge in [-0.1, -0.05) is 20.3 Å². The maximum absolute atomic E-state index is 9.84. The minimum absolute atomic E-state index is 0.0333. The van der Waals surface area contributed by atoms with Crippen LogP contribution in [0.5, 0.6) is 0 Å². The summed E-state index contributed by atoms with van der Waals surface area (Å²) in [4.78, 5) is 2.47. The van der Waals surface area contributed by atoms with Crippen LogP contribution in [0.25, 0.3) is 0 Å². The van der Waals surface area contributed by atoms with Crippen molar-refractivity contribution in [3.63, 3.8) is 0 Å². The average molecular weight is 227 g/mol. The maximum Gasteiger partial charge on any atom is 0.0615 e. The molecule has 1 N–H and O–H groups in total. The minimum atomic E-state index is 0.0333. The SMILES string of the molecule is CC1(C)CCCC(CO)(N2CCOCC2)C1. The molecule has 0 amide bonds. The molecule has 16 heavy (non-hydrogen) atoms. The normalized spacial score (nSPS) is 36.2. The van der Waals surface area contributed by atoms with Crippen molar-refractivity contribution in [2.45, 2.75) is 45.1 Å². The first-order valence-corrected chi connectivity index (χ1v) is 6.52. The predicted molar refractivity (Wildman–Crippen MR) is 64.5 cm³/mol. The lowest BCUT2D eigenvalue weighted by atomic mass is 9.67. The van der Waals surface area contributed by atoms with Crippen LogP contribution in [0.4, 0.5) is 0 Å². The second-order valence-corrected chi connectivity index (χ2v) is 6.18. The van der Waals surface area contributed by atoms with E-state index >= 15 is 0 Å². The van der Waals surface area contributed by atoms with E-state index in [1.54, 1.807) is 0 Å². The van der Waals surface area contributed by atoms with E-state index in [4.69, 9.17) is 4.74 Å². The van der Waals surface area contributed by atoms with Gasteiger partial charge in [0, 0.05) is 18.6 Å². The van der Waals surface area contributed by atoms with Crippen LogP contribution < -0.4 is 0 Å². The summed E-state index contributed by atoms with van der Waals surface area (Å²) in [5.41, 5.74) is 0.408. The molecule has 3 heteroatoms. The molecule has 2 rings (SSSR count). The van der Waals surface area contributed by atoms with Gasteiger partial charge >= 0.3 is 0 Å². The molecule has 3 nitrogen and oxygen atoms in total. The molecule has 1 atom stereocenters. The molecular weight excluding hydrogens is 202 g/mol. The fourth-order valence-corrected chi connectivity index (χ4v) is 3.51. The maximum atomic E-state index is 9.84. The smallest absolute Gasteiger partial charge is 0.0615 e. The van der Waals surface area contributed by atoms with Crippen LogP contribution in [-0.4, -0.2) is 48.5 Å². The Kier molecular flexibility index (Phi) is 3.57. The van der Waals surface area contributed by atoms with Gasteiger partial charge in [0.25, 0.3) is 0 Å². The zero-order valence-electron chi connectivity index (χ0n) is 10.7. The molecule has 0 radical (unpaired) electrons. The molecule has 94 valence electrons. The van der Waals surface area contributed by atoms with E-state index in [0.717, 1.165) is 39.1 Å². The largest absolute Gasteiger partial charge is 0.394 e. The first-order chi connectivity index (χ1) is 7.58. The van der Waals surface area contributed by atoms with Gasteiger partial charge in [0.05, 0.1) is 19.8 Å². The highest BCUT2D eigenvalue weighted by Gasteiger charge is 2.43. The van der Waals surface area contributed by atoms with Crippen molar-refractivity contribution in [1.29, 1.82) is 0 Å². The van der Waals surface area contributed by atoms with Crippen molar-refractivity contribution in [1.82, 2.24) is 4.90 Å². The van der Waals surface area contributed by atoms with Gasteiger partial charge in [0.15, 0.2) is 0 Å². The van der Waals surface area contributed by atoms with E-state index in [9.17, 15) is 5.11 Å². The van der Waals surface area contributed by atoms with Gasteiger partial charge in [-0.15, -0.1) is 0 Å². The Labute approximate surface area is 98.8 Å². The van der Waals surface area contributed by atoms with E-state index in [-0.39, 0.29) is 5.54 Å². The van der Waals surface area contributed by atoms with E-state index in [1.165, 1.54) is 12.8 Å². The Morgan fingerprint density at radius 2 is 1.88 bits per heavy atom. The molecule has 0 aromatic rings. The Morgan fingerprint density at radius 3 is 2.44 bits per heavy atom. The van der Waals surface area contributed by atoms with Gasteiger partial charge in [-0.05, 0) is 24.7 Å². The van der Waals surface area contributed by atoms with Crippen LogP contribution >= 0.6 is 0 Å². The van der Waals surface area contributed by atoms with E-state index < -0.39 is 0 Å². The number of aliphatic hydroxyl groups excluding tert-OH is 1. The second kappa shape index (κ2) is 4.63. The minimum Gasteiger partial charge on any atom is -0.394 e. The quantitative estimate of drug-likeness (QED) is 0.778. The Bertz CT molecular complexity index is 236. The van der Waals surface area contributed by atoms with Crippen LogP contribution in [0.15, 0.2) is 0 Å². The summed E-state index contributed by atoms with van der Waals surface area (Å²) in [5, 5.41) is 9.84. The number of ether oxygens (including phenoxy) is 1. The molecule has 2 fully saturated rings. The van der Waals surface area contributed by atoms with Gasteiger partial charge in [-0.3, -0.25) is 4.90 Å². The van der Waals surface area contributed by atoms with Crippen LogP contribution in [0, 0.1) is 5.41 Å². The Morgan fingerprint density at radius 1 is 1.19 bits per heavy atom. The summed E-state index contributed by atoms with van der Waals surface area (Å²) < 4.78 is 5.41. The third-order valence-electron chi connectivity index (χ3n) is 4.28. The number of hydrogen-bond acceptors (Lipinski definition) is 3. The molecule has 1 aliphatic heterocycles. The van der Waals surface area contributed by atoms with Gasteiger partial charge in [0.2, 0.25) is 0 Å². The molecular formula is C13H25NO2. The third kappa shape index (κ3) is 2.41. The lowest BCUT2D eigenvalue weighted by Gasteiger charge is -2.51. The topological polar surface area (TPSA) is 32.7 Å². The summed E-state index contributed by atoms with van der Waals surface area (Å²) >= 11 is 0. The van der Waals surface area contributed by atoms with Crippen molar-refractivity contribution in [2.24, 2.45) is 5.41 Å². The lowest BCUT2D eigenvalue weighted by Crippen LogP contribution is -2.58. The number of hydrogen-bond donors (Lipinski definition) is 1.